The second kappa shape index (κ2) is 15.0. The van der Waals surface area contributed by atoms with Gasteiger partial charge in [-0.2, -0.15) is 0 Å². The van der Waals surface area contributed by atoms with Crippen LogP contribution in [-0.4, -0.2) is 106 Å². The molecule has 2 aliphatic heterocycles. The van der Waals surface area contributed by atoms with E-state index in [2.05, 4.69) is 36.5 Å². The molecule has 4 amide bonds. The number of phenolic OH excluding ortho intramolecular Hbond substituents is 2. The first-order chi connectivity index (χ1) is 22.7. The Morgan fingerprint density at radius 3 is 2.59 bits per heavy atom. The van der Waals surface area contributed by atoms with E-state index in [1.165, 1.54) is 65.1 Å². The molecule has 2 saturated heterocycles. The van der Waals surface area contributed by atoms with Crippen LogP contribution in [0, 0.1) is 5.41 Å². The highest BCUT2D eigenvalue weighted by Gasteiger charge is 2.57. The van der Waals surface area contributed by atoms with Gasteiger partial charge in [0.05, 0.1) is 0 Å². The number of hydrogen-bond acceptors (Lipinski definition) is 17. The molecule has 8 N–H and O–H groups in total. The lowest BCUT2D eigenvalue weighted by atomic mass is 9.89. The number of carbonyl (C=O) groups is 5. The number of oxime groups is 1. The number of β-lactam (4-membered cyclic amide) rings is 1. The molecule has 2 unspecified atom stereocenters. The molecule has 262 valence electrons. The third kappa shape index (κ3) is 8.09. The lowest BCUT2D eigenvalue weighted by molar-refractivity contribution is -0.157. The van der Waals surface area contributed by atoms with Crippen LogP contribution in [0.25, 0.3) is 0 Å². The molecule has 0 aliphatic carbocycles. The first kappa shape index (κ1) is 37.4. The molecule has 49 heavy (non-hydrogen) atoms. The van der Waals surface area contributed by atoms with E-state index in [0.29, 0.717) is 4.34 Å². The van der Waals surface area contributed by atoms with Gasteiger partial charge in [0, 0.05) is 29.0 Å². The fourth-order valence-electron chi connectivity index (χ4n) is 4.34. The second-order valence-electron chi connectivity index (χ2n) is 10.9. The van der Waals surface area contributed by atoms with Gasteiger partial charge in [-0.1, -0.05) is 28.3 Å². The van der Waals surface area contributed by atoms with E-state index in [1.807, 2.05) is 0 Å². The van der Waals surface area contributed by atoms with Gasteiger partial charge in [0.1, 0.15) is 28.0 Å². The van der Waals surface area contributed by atoms with Gasteiger partial charge >= 0.3 is 5.97 Å². The van der Waals surface area contributed by atoms with Crippen LogP contribution >= 0.6 is 58.6 Å². The third-order valence-corrected chi connectivity index (χ3v) is 11.5. The number of carboxylic acids is 1. The summed E-state index contributed by atoms with van der Waals surface area (Å²) in [4.78, 5) is 75.1. The molecule has 0 radical (unpaired) electrons. The molecule has 0 bridgehead atoms. The number of aromatic nitrogens is 3. The molecule has 2 aromatic heterocycles. The molecule has 3 atom stereocenters. The quantitative estimate of drug-likeness (QED) is 0.0463. The van der Waals surface area contributed by atoms with Crippen molar-refractivity contribution in [1.29, 1.82) is 0 Å². The van der Waals surface area contributed by atoms with Crippen molar-refractivity contribution in [3.8, 4) is 11.5 Å². The van der Waals surface area contributed by atoms with Crippen LogP contribution in [-0.2, 0) is 24.0 Å². The number of hydrazine groups is 1. The van der Waals surface area contributed by atoms with Crippen LogP contribution in [0.4, 0.5) is 5.13 Å². The van der Waals surface area contributed by atoms with Crippen molar-refractivity contribution in [2.24, 2.45) is 10.6 Å². The Hall–Kier alpha value is -4.38. The minimum atomic E-state index is -1.77. The number of benzene rings is 1. The Kier molecular flexibility index (Phi) is 11.5. The average Bonchev–Trinajstić information content (AvgIpc) is 3.74. The topological polar surface area (TPSA) is 272 Å². The van der Waals surface area contributed by atoms with Crippen LogP contribution in [0.3, 0.4) is 0 Å². The van der Waals surface area contributed by atoms with Crippen molar-refractivity contribution in [2.75, 3.05) is 23.8 Å². The Balaban J connectivity index is 0.00000541. The monoisotopic (exact) mass is 773 g/mol. The van der Waals surface area contributed by atoms with Crippen molar-refractivity contribution in [2.45, 2.75) is 35.2 Å². The molecule has 2 aliphatic rings. The van der Waals surface area contributed by atoms with Crippen molar-refractivity contribution >= 4 is 99.0 Å². The van der Waals surface area contributed by atoms with E-state index >= 15 is 0 Å². The normalized spacial score (nSPS) is 20.2. The number of nitrogens with one attached hydrogen (secondary N) is 3. The molecule has 0 saturated carbocycles. The highest BCUT2D eigenvalue weighted by atomic mass is 35.5. The lowest BCUT2D eigenvalue weighted by Crippen LogP contribution is -2.74. The van der Waals surface area contributed by atoms with E-state index in [4.69, 9.17) is 10.6 Å². The maximum absolute atomic E-state index is 13.5. The summed E-state index contributed by atoms with van der Waals surface area (Å²) in [6, 6.07) is 2.31. The van der Waals surface area contributed by atoms with Gasteiger partial charge < -0.3 is 36.1 Å². The summed E-state index contributed by atoms with van der Waals surface area (Å²) in [7, 11) is 0. The number of nitrogens with zero attached hydrogens (tertiary/aromatic N) is 5. The number of thiazole rings is 1. The van der Waals surface area contributed by atoms with Crippen molar-refractivity contribution in [3.63, 3.8) is 0 Å². The smallest absolute Gasteiger partial charge is 0.313 e. The molecule has 3 aromatic rings. The fraction of sp³-hybridized carbons (Fsp3) is 0.346. The minimum Gasteiger partial charge on any atom is -0.504 e. The number of nitrogens with two attached hydrogens (primary N) is 1. The molecular weight excluding hydrogens is 746 g/mol. The van der Waals surface area contributed by atoms with Gasteiger partial charge in [-0.3, -0.25) is 34.8 Å². The Labute approximate surface area is 299 Å². The van der Waals surface area contributed by atoms with Crippen LogP contribution in [0.1, 0.15) is 29.9 Å². The SMILES string of the molecule is CC(C)(ON=C(C(=O)NC1C(=O)N2CC(CSc3nncs3)(C(=O)O)CS[C@H]12)c1csc(N)n1)C(=O)NNC(=O)c1ccc(O)c(O)c1.Cl. The van der Waals surface area contributed by atoms with Crippen molar-refractivity contribution in [3.05, 3.63) is 40.3 Å². The van der Waals surface area contributed by atoms with E-state index in [-0.39, 0.29) is 46.8 Å². The number of halogens is 1. The summed E-state index contributed by atoms with van der Waals surface area (Å²) in [5, 5.41) is 44.3. The van der Waals surface area contributed by atoms with Gasteiger partial charge in [-0.15, -0.1) is 45.7 Å². The zero-order valence-corrected chi connectivity index (χ0v) is 29.4. The Bertz CT molecular complexity index is 1790. The van der Waals surface area contributed by atoms with Gasteiger partial charge in [-0.25, -0.2) is 4.98 Å². The highest BCUT2D eigenvalue weighted by molar-refractivity contribution is 8.01. The maximum atomic E-state index is 13.5. The predicted octanol–water partition coefficient (Wildman–Crippen LogP) is 0.634. The van der Waals surface area contributed by atoms with E-state index in [0.717, 1.165) is 23.5 Å². The van der Waals surface area contributed by atoms with Crippen molar-refractivity contribution < 1.29 is 44.1 Å². The number of hydrogen-bond donors (Lipinski definition) is 7. The van der Waals surface area contributed by atoms with Gasteiger partial charge in [0.25, 0.3) is 17.7 Å². The summed E-state index contributed by atoms with van der Waals surface area (Å²) in [6.07, 6.45) is 0. The van der Waals surface area contributed by atoms with Crippen LogP contribution < -0.4 is 21.9 Å². The average molecular weight is 774 g/mol. The van der Waals surface area contributed by atoms with Crippen LogP contribution in [0.5, 0.6) is 11.5 Å². The standard InChI is InChI=1S/C26H27N9O9S4.ClH/c1-25(2,21(41)32-31-17(38)11-3-4-13(36)14(37)5-11)44-34-15(12-6-45-23(27)29-12)18(39)30-16-19(40)35-7-26(22(42)43,8-46-20(16)35)9-47-24-33-28-10-48-24;/h3-6,10,16,20,36-37H,7-9H2,1-2H3,(H2,27,29)(H,30,39)(H,31,38)(H,32,41)(H,42,43);1H/t16?,20-,26?;/m1./s1. The zero-order chi connectivity index (χ0) is 34.8. The van der Waals surface area contributed by atoms with E-state index < -0.39 is 69.2 Å². The maximum Gasteiger partial charge on any atom is 0.313 e. The molecule has 4 heterocycles. The van der Waals surface area contributed by atoms with E-state index in [1.54, 1.807) is 5.51 Å². The molecule has 0 spiro atoms. The summed E-state index contributed by atoms with van der Waals surface area (Å²) < 4.78 is 0.611. The number of thioether (sulfide) groups is 2. The Morgan fingerprint density at radius 1 is 1.20 bits per heavy atom. The first-order valence-corrected chi connectivity index (χ1v) is 17.5. The van der Waals surface area contributed by atoms with Gasteiger partial charge in [-0.05, 0) is 32.0 Å². The molecular formula is C26H28ClN9O9S4. The number of rotatable bonds is 11. The Morgan fingerprint density at radius 2 is 1.96 bits per heavy atom. The number of carbonyl (C=O) groups excluding carboxylic acids is 4. The largest absolute Gasteiger partial charge is 0.504 e. The molecule has 1 aromatic carbocycles. The summed E-state index contributed by atoms with van der Waals surface area (Å²) >= 11 is 4.77. The number of phenols is 2. The van der Waals surface area contributed by atoms with Crippen LogP contribution in [0.2, 0.25) is 0 Å². The first-order valence-electron chi connectivity index (χ1n) is 13.7. The predicted molar refractivity (Wildman–Crippen MR) is 181 cm³/mol. The number of amides is 4. The molecule has 18 nitrogen and oxygen atoms in total. The number of carboxylic acid groups (broad SMARTS) is 1. The zero-order valence-electron chi connectivity index (χ0n) is 25.3. The van der Waals surface area contributed by atoms with Gasteiger partial charge in [0.15, 0.2) is 26.7 Å². The number of aliphatic carboxylic acids is 1. The van der Waals surface area contributed by atoms with E-state index in [9.17, 15) is 39.3 Å². The lowest BCUT2D eigenvalue weighted by Gasteiger charge is -2.53. The molecule has 2 fully saturated rings. The number of anilines is 1. The summed E-state index contributed by atoms with van der Waals surface area (Å²) in [5.41, 5.74) is 8.14. The number of nitrogen functional groups attached to an aromatic ring is 1. The summed E-state index contributed by atoms with van der Waals surface area (Å²) in [5.74, 6) is -4.71. The minimum absolute atomic E-state index is 0. The van der Waals surface area contributed by atoms with Crippen LogP contribution in [0.15, 0.2) is 38.6 Å². The molecule has 5 rings (SSSR count). The van der Waals surface area contributed by atoms with Crippen molar-refractivity contribution in [1.82, 2.24) is 36.2 Å². The fourth-order valence-corrected chi connectivity index (χ4v) is 8.24. The number of fused-ring (bicyclic) bond motifs is 1. The second-order valence-corrected chi connectivity index (χ2v) is 15.0. The molecule has 23 heteroatoms. The highest BCUT2D eigenvalue weighted by Crippen LogP contribution is 2.44. The third-order valence-electron chi connectivity index (χ3n) is 7.12. The summed E-state index contributed by atoms with van der Waals surface area (Å²) in [6.45, 7) is 2.55. The number of aromatic hydroxyl groups is 2. The van der Waals surface area contributed by atoms with Gasteiger partial charge in [0.2, 0.25) is 11.5 Å².